The van der Waals surface area contributed by atoms with Gasteiger partial charge in [0.25, 0.3) is 11.5 Å². The van der Waals surface area contributed by atoms with Crippen molar-refractivity contribution < 1.29 is 19.1 Å². The molecule has 4 N–H and O–H groups in total. The minimum atomic E-state index is -0.911. The lowest BCUT2D eigenvalue weighted by molar-refractivity contribution is -0.116. The van der Waals surface area contributed by atoms with Gasteiger partial charge in [-0.2, -0.15) is 0 Å². The summed E-state index contributed by atoms with van der Waals surface area (Å²) in [6, 6.07) is 6.21. The van der Waals surface area contributed by atoms with Crippen molar-refractivity contribution >= 4 is 51.7 Å². The zero-order valence-electron chi connectivity index (χ0n) is 17.5. The van der Waals surface area contributed by atoms with Crippen LogP contribution in [0, 0.1) is 5.82 Å². The van der Waals surface area contributed by atoms with E-state index in [1.807, 2.05) is 0 Å². The van der Waals surface area contributed by atoms with Crippen LogP contribution in [0.1, 0.15) is 10.4 Å². The Bertz CT molecular complexity index is 1550. The number of nitrogens with two attached hydrogens (primary N) is 1. The average Bonchev–Trinajstić information content (AvgIpc) is 3.13. The molecule has 34 heavy (non-hydrogen) atoms. The molecule has 2 aromatic carbocycles. The summed E-state index contributed by atoms with van der Waals surface area (Å²) in [6.07, 6.45) is 2.80. The Morgan fingerprint density at radius 2 is 1.94 bits per heavy atom. The zero-order valence-corrected chi connectivity index (χ0v) is 19.0. The summed E-state index contributed by atoms with van der Waals surface area (Å²) >= 11 is 12.0. The molecule has 0 aliphatic carbocycles. The van der Waals surface area contributed by atoms with E-state index >= 15 is 0 Å². The van der Waals surface area contributed by atoms with E-state index in [0.717, 1.165) is 12.1 Å². The molecule has 2 aromatic heterocycles. The fourth-order valence-corrected chi connectivity index (χ4v) is 3.92. The van der Waals surface area contributed by atoms with E-state index in [4.69, 9.17) is 28.9 Å². The highest BCUT2D eigenvalue weighted by molar-refractivity contribution is 6.34. The van der Waals surface area contributed by atoms with E-state index in [1.54, 1.807) is 0 Å². The van der Waals surface area contributed by atoms with Crippen molar-refractivity contribution in [3.8, 4) is 16.9 Å². The van der Waals surface area contributed by atoms with E-state index in [0.29, 0.717) is 11.1 Å². The third-order valence-electron chi connectivity index (χ3n) is 5.10. The molecule has 0 saturated heterocycles. The van der Waals surface area contributed by atoms with Crippen molar-refractivity contribution in [1.82, 2.24) is 14.1 Å². The van der Waals surface area contributed by atoms with Gasteiger partial charge in [0, 0.05) is 18.8 Å². The van der Waals surface area contributed by atoms with Gasteiger partial charge in [-0.05, 0) is 35.9 Å². The van der Waals surface area contributed by atoms with Crippen LogP contribution in [0.25, 0.3) is 22.2 Å². The molecule has 0 atom stereocenters. The predicted molar refractivity (Wildman–Crippen MR) is 126 cm³/mol. The number of carbonyl (C=O) groups is 2. The fraction of sp³-hybridized carbons (Fsp3) is 0.0909. The molecule has 0 aliphatic rings. The molecule has 4 rings (SSSR count). The first-order valence-electron chi connectivity index (χ1n) is 9.69. The predicted octanol–water partition coefficient (Wildman–Crippen LogP) is 3.29. The minimum Gasteiger partial charge on any atom is -0.506 e. The summed E-state index contributed by atoms with van der Waals surface area (Å²) in [5, 5.41) is 12.7. The Balaban J connectivity index is 1.81. The number of fused-ring (bicyclic) bond motifs is 1. The molecule has 4 aromatic rings. The van der Waals surface area contributed by atoms with E-state index < -0.39 is 28.9 Å². The van der Waals surface area contributed by atoms with Crippen LogP contribution in [0.2, 0.25) is 10.0 Å². The number of anilines is 1. The Morgan fingerprint density at radius 3 is 2.62 bits per heavy atom. The summed E-state index contributed by atoms with van der Waals surface area (Å²) in [7, 11) is 1.51. The Morgan fingerprint density at radius 1 is 1.21 bits per heavy atom. The number of primary amides is 1. The molecule has 174 valence electrons. The third kappa shape index (κ3) is 4.20. The number of halogens is 3. The highest BCUT2D eigenvalue weighted by atomic mass is 35.5. The van der Waals surface area contributed by atoms with Gasteiger partial charge >= 0.3 is 0 Å². The van der Waals surface area contributed by atoms with Gasteiger partial charge in [-0.15, -0.1) is 0 Å². The van der Waals surface area contributed by atoms with Crippen LogP contribution in [0.3, 0.4) is 0 Å². The van der Waals surface area contributed by atoms with E-state index in [-0.39, 0.29) is 38.9 Å². The second kappa shape index (κ2) is 8.81. The van der Waals surface area contributed by atoms with Crippen molar-refractivity contribution in [2.75, 3.05) is 5.32 Å². The second-order valence-corrected chi connectivity index (χ2v) is 8.24. The summed E-state index contributed by atoms with van der Waals surface area (Å²) in [5.74, 6) is -2.46. The smallest absolute Gasteiger partial charge is 0.263 e. The maximum Gasteiger partial charge on any atom is 0.263 e. The fourth-order valence-electron chi connectivity index (χ4n) is 3.48. The molecule has 0 aliphatic heterocycles. The van der Waals surface area contributed by atoms with Crippen LogP contribution in [-0.4, -0.2) is 31.0 Å². The molecule has 0 saturated carbocycles. The number of rotatable bonds is 5. The molecule has 0 radical (unpaired) electrons. The molecular formula is C22H16Cl2FN5O4. The molecule has 0 unspecified atom stereocenters. The number of phenols is 1. The van der Waals surface area contributed by atoms with Gasteiger partial charge in [-0.3, -0.25) is 14.4 Å². The molecule has 0 spiro atoms. The lowest BCUT2D eigenvalue weighted by atomic mass is 10.0. The number of nitrogens with one attached hydrogen (secondary N) is 1. The van der Waals surface area contributed by atoms with E-state index in [9.17, 15) is 23.9 Å². The second-order valence-electron chi connectivity index (χ2n) is 7.42. The van der Waals surface area contributed by atoms with Gasteiger partial charge in [0.05, 0.1) is 33.0 Å². The maximum absolute atomic E-state index is 13.3. The molecule has 12 heteroatoms. The molecule has 2 amide bonds. The molecule has 0 bridgehead atoms. The third-order valence-corrected chi connectivity index (χ3v) is 5.70. The van der Waals surface area contributed by atoms with Gasteiger partial charge in [-0.25, -0.2) is 9.37 Å². The van der Waals surface area contributed by atoms with Crippen LogP contribution in [-0.2, 0) is 18.4 Å². The SMILES string of the molecule is Cn1cnc2c(c(-c3cc(Cl)c(O)c(C(N)=O)c3)cn2CC(=O)Nc2ccc(F)cc2Cl)c1=O. The molecule has 0 fully saturated rings. The largest absolute Gasteiger partial charge is 0.506 e. The van der Waals surface area contributed by atoms with Crippen LogP contribution in [0.5, 0.6) is 5.75 Å². The minimum absolute atomic E-state index is 0.0242. The number of aromatic hydroxyl groups is 1. The first-order valence-corrected chi connectivity index (χ1v) is 10.4. The number of aryl methyl sites for hydroxylation is 1. The highest BCUT2D eigenvalue weighted by Crippen LogP contribution is 2.36. The number of benzene rings is 2. The van der Waals surface area contributed by atoms with Crippen molar-refractivity contribution in [3.05, 3.63) is 74.6 Å². The normalized spacial score (nSPS) is 11.1. The van der Waals surface area contributed by atoms with Gasteiger partial charge in [-0.1, -0.05) is 23.2 Å². The lowest BCUT2D eigenvalue weighted by Crippen LogP contribution is -2.20. The number of amides is 2. The van der Waals surface area contributed by atoms with Crippen LogP contribution in [0.15, 0.2) is 47.7 Å². The standard InChI is InChI=1S/C22H16Cl2FN5O4/c1-29-9-27-21-18(22(29)34)13(10-4-12(20(26)33)19(32)15(24)5-10)7-30(21)8-17(31)28-16-3-2-11(25)6-14(16)23/h2-7,9,32H,8H2,1H3,(H2,26,33)(H,28,31). The molecule has 2 heterocycles. The topological polar surface area (TPSA) is 132 Å². The Hall–Kier alpha value is -3.89. The zero-order chi connectivity index (χ0) is 24.7. The van der Waals surface area contributed by atoms with Crippen molar-refractivity contribution in [1.29, 1.82) is 0 Å². The number of carbonyl (C=O) groups excluding carboxylic acids is 2. The van der Waals surface area contributed by atoms with Gasteiger partial charge in [0.15, 0.2) is 0 Å². The lowest BCUT2D eigenvalue weighted by Gasteiger charge is -2.08. The molecular weight excluding hydrogens is 488 g/mol. The monoisotopic (exact) mass is 503 g/mol. The summed E-state index contributed by atoms with van der Waals surface area (Å²) < 4.78 is 16.0. The summed E-state index contributed by atoms with van der Waals surface area (Å²) in [4.78, 5) is 41.7. The van der Waals surface area contributed by atoms with E-state index in [1.165, 1.54) is 46.9 Å². The van der Waals surface area contributed by atoms with Gasteiger partial charge < -0.3 is 25.3 Å². The van der Waals surface area contributed by atoms with Crippen molar-refractivity contribution in [2.24, 2.45) is 12.8 Å². The summed E-state index contributed by atoms with van der Waals surface area (Å²) in [5.41, 5.74) is 5.74. The number of hydrogen-bond acceptors (Lipinski definition) is 5. The van der Waals surface area contributed by atoms with Crippen molar-refractivity contribution in [2.45, 2.75) is 6.54 Å². The number of aromatic nitrogens is 3. The maximum atomic E-state index is 13.3. The first kappa shape index (κ1) is 23.3. The number of nitrogens with zero attached hydrogens (tertiary/aromatic N) is 3. The van der Waals surface area contributed by atoms with Gasteiger partial charge in [0.1, 0.15) is 23.8 Å². The Labute approximate surface area is 201 Å². The van der Waals surface area contributed by atoms with Crippen LogP contribution < -0.4 is 16.6 Å². The van der Waals surface area contributed by atoms with Gasteiger partial charge in [0.2, 0.25) is 5.91 Å². The molecule has 9 nitrogen and oxygen atoms in total. The highest BCUT2D eigenvalue weighted by Gasteiger charge is 2.21. The number of hydrogen-bond donors (Lipinski definition) is 3. The quantitative estimate of drug-likeness (QED) is 0.384. The van der Waals surface area contributed by atoms with Crippen molar-refractivity contribution in [3.63, 3.8) is 0 Å². The van der Waals surface area contributed by atoms with E-state index in [2.05, 4.69) is 10.3 Å². The summed E-state index contributed by atoms with van der Waals surface area (Å²) in [6.45, 7) is -0.265. The first-order chi connectivity index (χ1) is 16.1. The van der Waals surface area contributed by atoms with Crippen LogP contribution >= 0.6 is 23.2 Å². The Kier molecular flexibility index (Phi) is 6.03. The average molecular weight is 504 g/mol. The van der Waals surface area contributed by atoms with Crippen LogP contribution in [0.4, 0.5) is 10.1 Å².